The van der Waals surface area contributed by atoms with Crippen molar-refractivity contribution in [3.05, 3.63) is 40.2 Å². The number of imidazole rings is 1. The summed E-state index contributed by atoms with van der Waals surface area (Å²) in [6, 6.07) is 3.50. The normalized spacial score (nSPS) is 15.7. The topological polar surface area (TPSA) is 175 Å². The quantitative estimate of drug-likeness (QED) is 0.220. The van der Waals surface area contributed by atoms with E-state index in [1.807, 2.05) is 0 Å². The standard InChI is InChI=1S/C23H27N7O5S/c1-35-18-10-16-15(29-23(32)30-16)9-17(18)28-21-19-13-8-12(22(31)24-6-3-7-36(2,33)34)4-5-14(13)27-20(19)25-11-26-21/h9-12H,3-8H2,1-2H3,(H,24,31)(H2,29,30,32)(H2,25,26,27,28). The molecule has 0 bridgehead atoms. The first-order valence-corrected chi connectivity index (χ1v) is 13.6. The lowest BCUT2D eigenvalue weighted by Crippen LogP contribution is -2.35. The third-order valence-electron chi connectivity index (χ3n) is 6.43. The first-order chi connectivity index (χ1) is 17.2. The van der Waals surface area contributed by atoms with E-state index in [1.54, 1.807) is 19.2 Å². The Morgan fingerprint density at radius 3 is 2.72 bits per heavy atom. The summed E-state index contributed by atoms with van der Waals surface area (Å²) in [6.07, 6.45) is 4.91. The van der Waals surface area contributed by atoms with Gasteiger partial charge < -0.3 is 30.3 Å². The number of hydrogen-bond donors (Lipinski definition) is 5. The van der Waals surface area contributed by atoms with Gasteiger partial charge in [-0.2, -0.15) is 0 Å². The second kappa shape index (κ2) is 9.30. The lowest BCUT2D eigenvalue weighted by Gasteiger charge is -2.22. The van der Waals surface area contributed by atoms with Crippen LogP contribution < -0.4 is 21.1 Å². The predicted molar refractivity (Wildman–Crippen MR) is 135 cm³/mol. The molecule has 1 aliphatic carbocycles. The Morgan fingerprint density at radius 2 is 1.97 bits per heavy atom. The number of anilines is 2. The molecule has 0 saturated heterocycles. The number of aromatic amines is 3. The first-order valence-electron chi connectivity index (χ1n) is 11.6. The lowest BCUT2D eigenvalue weighted by atomic mass is 9.86. The van der Waals surface area contributed by atoms with E-state index in [-0.39, 0.29) is 23.3 Å². The van der Waals surface area contributed by atoms with Crippen molar-refractivity contribution in [2.24, 2.45) is 5.92 Å². The van der Waals surface area contributed by atoms with Crippen molar-refractivity contribution >= 4 is 49.3 Å². The fourth-order valence-electron chi connectivity index (χ4n) is 4.71. The molecule has 0 spiro atoms. The maximum Gasteiger partial charge on any atom is 0.323 e. The number of amides is 1. The zero-order valence-electron chi connectivity index (χ0n) is 19.9. The Bertz CT molecular complexity index is 1620. The summed E-state index contributed by atoms with van der Waals surface area (Å²) in [7, 11) is -1.51. The summed E-state index contributed by atoms with van der Waals surface area (Å²) in [5, 5.41) is 6.99. The maximum absolute atomic E-state index is 12.8. The smallest absolute Gasteiger partial charge is 0.323 e. The molecule has 3 heterocycles. The summed E-state index contributed by atoms with van der Waals surface area (Å²) >= 11 is 0. The average molecular weight is 514 g/mol. The highest BCUT2D eigenvalue weighted by Crippen LogP contribution is 2.37. The van der Waals surface area contributed by atoms with Gasteiger partial charge in [-0.25, -0.2) is 23.2 Å². The van der Waals surface area contributed by atoms with Gasteiger partial charge in [0.25, 0.3) is 0 Å². The second-order valence-electron chi connectivity index (χ2n) is 9.04. The Balaban J connectivity index is 1.41. The van der Waals surface area contributed by atoms with Crippen molar-refractivity contribution in [1.82, 2.24) is 30.2 Å². The van der Waals surface area contributed by atoms with Crippen LogP contribution in [0.5, 0.6) is 5.75 Å². The molecule has 5 N–H and O–H groups in total. The van der Waals surface area contributed by atoms with E-state index >= 15 is 0 Å². The van der Waals surface area contributed by atoms with Gasteiger partial charge in [-0.3, -0.25) is 4.79 Å². The molecule has 1 unspecified atom stereocenters. The van der Waals surface area contributed by atoms with Gasteiger partial charge >= 0.3 is 5.69 Å². The molecule has 1 atom stereocenters. The fourth-order valence-corrected chi connectivity index (χ4v) is 5.38. The van der Waals surface area contributed by atoms with Gasteiger partial charge in [-0.1, -0.05) is 0 Å². The van der Waals surface area contributed by atoms with Crippen LogP contribution >= 0.6 is 0 Å². The number of aryl methyl sites for hydroxylation is 1. The number of rotatable bonds is 8. The molecule has 0 aliphatic heterocycles. The lowest BCUT2D eigenvalue weighted by molar-refractivity contribution is -0.125. The molecule has 1 aromatic carbocycles. The fraction of sp³-hybridized carbons (Fsp3) is 0.391. The van der Waals surface area contributed by atoms with E-state index in [4.69, 9.17) is 4.74 Å². The average Bonchev–Trinajstić information content (AvgIpc) is 3.39. The molecule has 0 fully saturated rings. The van der Waals surface area contributed by atoms with Crippen molar-refractivity contribution in [3.63, 3.8) is 0 Å². The van der Waals surface area contributed by atoms with E-state index in [0.29, 0.717) is 66.2 Å². The van der Waals surface area contributed by atoms with Gasteiger partial charge in [-0.15, -0.1) is 0 Å². The zero-order chi connectivity index (χ0) is 25.4. The van der Waals surface area contributed by atoms with Crippen LogP contribution in [-0.2, 0) is 27.5 Å². The van der Waals surface area contributed by atoms with Crippen molar-refractivity contribution in [1.29, 1.82) is 0 Å². The molecule has 0 saturated carbocycles. The number of benzene rings is 1. The molecule has 5 rings (SSSR count). The number of carbonyl (C=O) groups excluding carboxylic acids is 1. The minimum atomic E-state index is -3.05. The first kappa shape index (κ1) is 23.9. The molecule has 3 aromatic heterocycles. The number of methoxy groups -OCH3 is 1. The Labute approximate surface area is 206 Å². The van der Waals surface area contributed by atoms with Gasteiger partial charge in [0, 0.05) is 30.5 Å². The van der Waals surface area contributed by atoms with Crippen LogP contribution in [0.15, 0.2) is 23.3 Å². The molecule has 12 nitrogen and oxygen atoms in total. The summed E-state index contributed by atoms with van der Waals surface area (Å²) in [5.41, 5.74) is 4.22. The number of nitrogens with one attached hydrogen (secondary N) is 5. The number of hydrogen-bond acceptors (Lipinski definition) is 8. The van der Waals surface area contributed by atoms with Crippen LogP contribution in [-0.4, -0.2) is 64.9 Å². The predicted octanol–water partition coefficient (Wildman–Crippen LogP) is 1.54. The van der Waals surface area contributed by atoms with Crippen LogP contribution in [0.3, 0.4) is 0 Å². The number of nitrogens with zero attached hydrogens (tertiary/aromatic N) is 2. The van der Waals surface area contributed by atoms with E-state index in [9.17, 15) is 18.0 Å². The van der Waals surface area contributed by atoms with Crippen LogP contribution in [0.4, 0.5) is 11.5 Å². The molecule has 1 amide bonds. The Hall–Kier alpha value is -3.87. The molecule has 36 heavy (non-hydrogen) atoms. The highest BCUT2D eigenvalue weighted by atomic mass is 32.2. The van der Waals surface area contributed by atoms with Gasteiger partial charge in [0.05, 0.1) is 35.0 Å². The highest BCUT2D eigenvalue weighted by Gasteiger charge is 2.29. The van der Waals surface area contributed by atoms with Gasteiger partial charge in [0.15, 0.2) is 0 Å². The third kappa shape index (κ3) is 4.78. The zero-order valence-corrected chi connectivity index (χ0v) is 20.7. The van der Waals surface area contributed by atoms with E-state index in [1.165, 1.54) is 12.6 Å². The number of carbonyl (C=O) groups is 1. The summed E-state index contributed by atoms with van der Waals surface area (Å²) in [5.74, 6) is 0.808. The maximum atomic E-state index is 12.8. The minimum Gasteiger partial charge on any atom is -0.494 e. The summed E-state index contributed by atoms with van der Waals surface area (Å²) in [4.78, 5) is 42.2. The van der Waals surface area contributed by atoms with Crippen molar-refractivity contribution in [3.8, 4) is 5.75 Å². The molecule has 13 heteroatoms. The van der Waals surface area contributed by atoms with Gasteiger partial charge in [-0.05, 0) is 37.3 Å². The summed E-state index contributed by atoms with van der Waals surface area (Å²) in [6.45, 7) is 0.322. The van der Waals surface area contributed by atoms with Crippen LogP contribution in [0.1, 0.15) is 24.1 Å². The van der Waals surface area contributed by atoms with Crippen LogP contribution in [0.2, 0.25) is 0 Å². The number of H-pyrrole nitrogens is 3. The molecule has 4 aromatic rings. The number of fused-ring (bicyclic) bond motifs is 4. The van der Waals surface area contributed by atoms with Gasteiger partial charge in [0.1, 0.15) is 33.4 Å². The van der Waals surface area contributed by atoms with E-state index in [0.717, 1.165) is 16.6 Å². The molecule has 190 valence electrons. The van der Waals surface area contributed by atoms with Crippen molar-refractivity contribution in [2.45, 2.75) is 25.7 Å². The van der Waals surface area contributed by atoms with E-state index in [2.05, 4.69) is 35.6 Å². The number of ether oxygens (including phenoxy) is 1. The van der Waals surface area contributed by atoms with Crippen molar-refractivity contribution < 1.29 is 17.9 Å². The Morgan fingerprint density at radius 1 is 1.19 bits per heavy atom. The number of sulfone groups is 1. The molecule has 1 aliphatic rings. The van der Waals surface area contributed by atoms with Crippen LogP contribution in [0.25, 0.3) is 22.1 Å². The minimum absolute atomic E-state index is 0.0445. The monoisotopic (exact) mass is 513 g/mol. The molecule has 0 radical (unpaired) electrons. The second-order valence-corrected chi connectivity index (χ2v) is 11.3. The summed E-state index contributed by atoms with van der Waals surface area (Å²) < 4.78 is 28.2. The van der Waals surface area contributed by atoms with Gasteiger partial charge in [0.2, 0.25) is 5.91 Å². The van der Waals surface area contributed by atoms with Crippen molar-refractivity contribution in [2.75, 3.05) is 31.0 Å². The third-order valence-corrected chi connectivity index (χ3v) is 7.46. The SMILES string of the molecule is COc1cc2[nH]c(=O)[nH]c2cc1Nc1ncnc2[nH]c3c(c12)CC(C(=O)NCCCS(C)(=O)=O)CC3. The molecular formula is C23H27N7O5S. The van der Waals surface area contributed by atoms with E-state index < -0.39 is 9.84 Å². The molecular weight excluding hydrogens is 486 g/mol. The van der Waals surface area contributed by atoms with Crippen LogP contribution in [0, 0.1) is 5.92 Å². The Kier molecular flexibility index (Phi) is 6.16. The highest BCUT2D eigenvalue weighted by molar-refractivity contribution is 7.90. The largest absolute Gasteiger partial charge is 0.494 e. The number of aromatic nitrogens is 5.